The molecule has 0 radical (unpaired) electrons. The van der Waals surface area contributed by atoms with Crippen LogP contribution >= 0.6 is 0 Å². The molecule has 0 fully saturated rings. The standard InChI is InChI=1S/C20H33F5O4/c1-4-5-6-7-8-9-10-11-12-13-14-28-16(26)18(2,3)17(27)29-15-19(21,22)20(23,24)25/h4-15H2,1-3H3. The van der Waals surface area contributed by atoms with Gasteiger partial charge >= 0.3 is 24.0 Å². The molecule has 0 bridgehead atoms. The van der Waals surface area contributed by atoms with E-state index in [1.165, 1.54) is 32.1 Å². The predicted octanol–water partition coefficient (Wildman–Crippen LogP) is 6.22. The fourth-order valence-electron chi connectivity index (χ4n) is 2.44. The minimum atomic E-state index is -5.84. The van der Waals surface area contributed by atoms with Crippen LogP contribution in [0.4, 0.5) is 22.0 Å². The molecule has 0 aliphatic carbocycles. The van der Waals surface area contributed by atoms with Crippen molar-refractivity contribution in [1.82, 2.24) is 0 Å². The molecule has 0 aliphatic rings. The minimum absolute atomic E-state index is 0.0464. The Morgan fingerprint density at radius 2 is 1.10 bits per heavy atom. The maximum atomic E-state index is 12.8. The van der Waals surface area contributed by atoms with Crippen LogP contribution in [0, 0.1) is 5.41 Å². The fraction of sp³-hybridized carbons (Fsp3) is 0.900. The van der Waals surface area contributed by atoms with Crippen molar-refractivity contribution in [2.75, 3.05) is 13.2 Å². The molecule has 0 atom stereocenters. The summed E-state index contributed by atoms with van der Waals surface area (Å²) < 4.78 is 70.9. The molecule has 4 nitrogen and oxygen atoms in total. The van der Waals surface area contributed by atoms with Crippen molar-refractivity contribution in [3.63, 3.8) is 0 Å². The Morgan fingerprint density at radius 3 is 1.55 bits per heavy atom. The van der Waals surface area contributed by atoms with Gasteiger partial charge < -0.3 is 9.47 Å². The van der Waals surface area contributed by atoms with E-state index in [1.54, 1.807) is 0 Å². The largest absolute Gasteiger partial charge is 0.465 e. The van der Waals surface area contributed by atoms with E-state index in [0.29, 0.717) is 6.42 Å². The molecule has 0 unspecified atom stereocenters. The van der Waals surface area contributed by atoms with Crippen LogP contribution in [0.1, 0.15) is 85.0 Å². The van der Waals surface area contributed by atoms with Gasteiger partial charge in [0.25, 0.3) is 0 Å². The number of halogens is 5. The number of hydrogen-bond acceptors (Lipinski definition) is 4. The summed E-state index contributed by atoms with van der Waals surface area (Å²) in [4.78, 5) is 23.7. The second-order valence-electron chi connectivity index (χ2n) is 7.72. The molecule has 0 aliphatic heterocycles. The number of hydrogen-bond donors (Lipinski definition) is 0. The molecule has 0 heterocycles. The number of alkyl halides is 5. The molecule has 172 valence electrons. The highest BCUT2D eigenvalue weighted by Gasteiger charge is 2.59. The first-order valence-corrected chi connectivity index (χ1v) is 10.1. The van der Waals surface area contributed by atoms with Gasteiger partial charge in [-0.25, -0.2) is 0 Å². The van der Waals surface area contributed by atoms with E-state index >= 15 is 0 Å². The summed E-state index contributed by atoms with van der Waals surface area (Å²) in [5.74, 6) is -7.69. The topological polar surface area (TPSA) is 52.6 Å². The van der Waals surface area contributed by atoms with E-state index in [0.717, 1.165) is 39.5 Å². The number of unbranched alkanes of at least 4 members (excludes halogenated alkanes) is 9. The van der Waals surface area contributed by atoms with Gasteiger partial charge in [0, 0.05) is 0 Å². The van der Waals surface area contributed by atoms with E-state index in [2.05, 4.69) is 11.7 Å². The summed E-state index contributed by atoms with van der Waals surface area (Å²) >= 11 is 0. The second-order valence-corrected chi connectivity index (χ2v) is 7.72. The van der Waals surface area contributed by atoms with Gasteiger partial charge in [0.15, 0.2) is 12.0 Å². The highest BCUT2D eigenvalue weighted by atomic mass is 19.4. The molecule has 0 aromatic heterocycles. The Hall–Kier alpha value is -1.41. The lowest BCUT2D eigenvalue weighted by Crippen LogP contribution is -2.44. The first kappa shape index (κ1) is 27.6. The monoisotopic (exact) mass is 432 g/mol. The van der Waals surface area contributed by atoms with E-state index in [-0.39, 0.29) is 6.61 Å². The van der Waals surface area contributed by atoms with Crippen LogP contribution in [0.25, 0.3) is 0 Å². The smallest absolute Gasteiger partial charge is 0.456 e. The lowest BCUT2D eigenvalue weighted by Gasteiger charge is -2.24. The van der Waals surface area contributed by atoms with Gasteiger partial charge in [-0.1, -0.05) is 64.7 Å². The molecular weight excluding hydrogens is 399 g/mol. The normalized spacial score (nSPS) is 12.7. The summed E-state index contributed by atoms with van der Waals surface area (Å²) in [6, 6.07) is 0. The molecule has 0 N–H and O–H groups in total. The molecular formula is C20H33F5O4. The summed E-state index contributed by atoms with van der Waals surface area (Å²) in [6.07, 6.45) is 5.01. The second kappa shape index (κ2) is 13.0. The molecule has 0 saturated carbocycles. The maximum absolute atomic E-state index is 12.8. The Kier molecular flexibility index (Phi) is 12.4. The number of rotatable bonds is 15. The third-order valence-electron chi connectivity index (χ3n) is 4.55. The molecule has 0 saturated heterocycles. The Balaban J connectivity index is 4.03. The van der Waals surface area contributed by atoms with Crippen molar-refractivity contribution < 1.29 is 41.0 Å². The highest BCUT2D eigenvalue weighted by molar-refractivity contribution is 5.99. The lowest BCUT2D eigenvalue weighted by atomic mass is 9.94. The molecule has 0 amide bonds. The van der Waals surface area contributed by atoms with Crippen LogP contribution in [0.15, 0.2) is 0 Å². The average molecular weight is 432 g/mol. The van der Waals surface area contributed by atoms with Gasteiger partial charge in [-0.05, 0) is 20.3 Å². The van der Waals surface area contributed by atoms with Gasteiger partial charge in [0.2, 0.25) is 0 Å². The van der Waals surface area contributed by atoms with Crippen molar-refractivity contribution in [3.05, 3.63) is 0 Å². The van der Waals surface area contributed by atoms with E-state index in [4.69, 9.17) is 4.74 Å². The van der Waals surface area contributed by atoms with Crippen LogP contribution in [0.5, 0.6) is 0 Å². The first-order valence-electron chi connectivity index (χ1n) is 10.1. The predicted molar refractivity (Wildman–Crippen MR) is 98.5 cm³/mol. The quantitative estimate of drug-likeness (QED) is 0.133. The average Bonchev–Trinajstić information content (AvgIpc) is 2.62. The molecule has 29 heavy (non-hydrogen) atoms. The zero-order chi connectivity index (χ0) is 22.6. The lowest BCUT2D eigenvalue weighted by molar-refractivity contribution is -0.294. The zero-order valence-electron chi connectivity index (χ0n) is 17.5. The molecule has 0 spiro atoms. The molecule has 9 heteroatoms. The van der Waals surface area contributed by atoms with Crippen LogP contribution in [0.3, 0.4) is 0 Å². The van der Waals surface area contributed by atoms with Gasteiger partial charge in [-0.3, -0.25) is 9.59 Å². The van der Waals surface area contributed by atoms with Crippen LogP contribution in [-0.4, -0.2) is 37.3 Å². The SMILES string of the molecule is CCCCCCCCCCCCOC(=O)C(C)(C)C(=O)OCC(F)(F)C(F)(F)F. The molecule has 0 aromatic rings. The summed E-state index contributed by atoms with van der Waals surface area (Å²) in [7, 11) is 0. The zero-order valence-corrected chi connectivity index (χ0v) is 17.5. The van der Waals surface area contributed by atoms with Gasteiger partial charge in [-0.2, -0.15) is 22.0 Å². The Labute approximate surface area is 169 Å². The van der Waals surface area contributed by atoms with Gasteiger partial charge in [0.1, 0.15) is 0 Å². The highest BCUT2D eigenvalue weighted by Crippen LogP contribution is 2.36. The number of esters is 2. The van der Waals surface area contributed by atoms with Crippen LogP contribution in [-0.2, 0) is 19.1 Å². The fourth-order valence-corrected chi connectivity index (χ4v) is 2.44. The van der Waals surface area contributed by atoms with Gasteiger partial charge in [-0.15, -0.1) is 0 Å². The summed E-state index contributed by atoms with van der Waals surface area (Å²) in [5.41, 5.74) is -1.97. The van der Waals surface area contributed by atoms with Crippen LogP contribution in [0.2, 0.25) is 0 Å². The summed E-state index contributed by atoms with van der Waals surface area (Å²) in [5, 5.41) is 0. The third-order valence-corrected chi connectivity index (χ3v) is 4.55. The number of carbonyl (C=O) groups excluding carboxylic acids is 2. The molecule has 0 aromatic carbocycles. The number of carbonyl (C=O) groups is 2. The third kappa shape index (κ3) is 10.8. The number of ether oxygens (including phenoxy) is 2. The minimum Gasteiger partial charge on any atom is -0.465 e. The van der Waals surface area contributed by atoms with E-state index in [1.807, 2.05) is 0 Å². The Morgan fingerprint density at radius 1 is 0.690 bits per heavy atom. The van der Waals surface area contributed by atoms with Crippen molar-refractivity contribution in [1.29, 1.82) is 0 Å². The van der Waals surface area contributed by atoms with Gasteiger partial charge in [0.05, 0.1) is 6.61 Å². The van der Waals surface area contributed by atoms with Crippen molar-refractivity contribution in [2.24, 2.45) is 5.41 Å². The summed E-state index contributed by atoms with van der Waals surface area (Å²) in [6.45, 7) is 2.16. The van der Waals surface area contributed by atoms with E-state index < -0.39 is 36.1 Å². The Bertz CT molecular complexity index is 490. The van der Waals surface area contributed by atoms with Crippen molar-refractivity contribution in [3.8, 4) is 0 Å². The van der Waals surface area contributed by atoms with E-state index in [9.17, 15) is 31.5 Å². The van der Waals surface area contributed by atoms with Crippen LogP contribution < -0.4 is 0 Å². The first-order chi connectivity index (χ1) is 13.4. The van der Waals surface area contributed by atoms with Crippen molar-refractivity contribution in [2.45, 2.75) is 97.1 Å². The molecule has 0 rings (SSSR count). The maximum Gasteiger partial charge on any atom is 0.456 e. The van der Waals surface area contributed by atoms with Crippen molar-refractivity contribution >= 4 is 11.9 Å².